The van der Waals surface area contributed by atoms with Gasteiger partial charge in [0.2, 0.25) is 5.91 Å². The maximum atomic E-state index is 12.1. The van der Waals surface area contributed by atoms with Crippen molar-refractivity contribution in [2.24, 2.45) is 23.7 Å². The highest BCUT2D eigenvalue weighted by Gasteiger charge is 2.31. The molecule has 1 atom stereocenters. The average molecular weight is 289 g/mol. The highest BCUT2D eigenvalue weighted by atomic mass is 35.5. The lowest BCUT2D eigenvalue weighted by Gasteiger charge is -2.35. The number of carbonyl (C=O) groups excluding carboxylic acids is 1. The summed E-state index contributed by atoms with van der Waals surface area (Å²) in [6, 6.07) is 0.433. The Morgan fingerprint density at radius 3 is 2.05 bits per heavy atom. The monoisotopic (exact) mass is 288 g/mol. The van der Waals surface area contributed by atoms with E-state index in [4.69, 9.17) is 0 Å². The van der Waals surface area contributed by atoms with E-state index in [2.05, 4.69) is 31.4 Å². The second kappa shape index (κ2) is 7.49. The van der Waals surface area contributed by atoms with Crippen LogP contribution in [0, 0.1) is 23.7 Å². The summed E-state index contributed by atoms with van der Waals surface area (Å²) in [6.45, 7) is 8.72. The van der Waals surface area contributed by atoms with Crippen molar-refractivity contribution in [3.63, 3.8) is 0 Å². The Kier molecular flexibility index (Phi) is 6.61. The van der Waals surface area contributed by atoms with Gasteiger partial charge in [-0.05, 0) is 56.5 Å². The zero-order valence-electron chi connectivity index (χ0n) is 12.4. The number of carbonyl (C=O) groups is 1. The van der Waals surface area contributed by atoms with Crippen LogP contribution in [0.2, 0.25) is 0 Å². The zero-order valence-corrected chi connectivity index (χ0v) is 13.3. The molecular weight excluding hydrogens is 260 g/mol. The van der Waals surface area contributed by atoms with Gasteiger partial charge in [0.05, 0.1) is 0 Å². The maximum Gasteiger partial charge on any atom is 0.223 e. The third kappa shape index (κ3) is 4.35. The summed E-state index contributed by atoms with van der Waals surface area (Å²) in [4.78, 5) is 12.1. The molecule has 0 spiro atoms. The second-order valence-electron chi connectivity index (χ2n) is 6.57. The molecule has 2 N–H and O–H groups in total. The molecule has 1 aliphatic heterocycles. The minimum atomic E-state index is 0. The Morgan fingerprint density at radius 1 is 1.05 bits per heavy atom. The molecule has 1 saturated carbocycles. The minimum Gasteiger partial charge on any atom is -0.353 e. The van der Waals surface area contributed by atoms with Crippen molar-refractivity contribution in [3.05, 3.63) is 0 Å². The SMILES string of the molecule is CC(C)C1CCC(NC(=O)C(C)C2CNC2)CC1.Cl. The molecule has 1 aliphatic carbocycles. The van der Waals surface area contributed by atoms with Crippen molar-refractivity contribution in [3.8, 4) is 0 Å². The van der Waals surface area contributed by atoms with E-state index in [1.807, 2.05) is 0 Å². The first-order chi connectivity index (χ1) is 8.58. The molecule has 1 heterocycles. The lowest BCUT2D eigenvalue weighted by molar-refractivity contribution is -0.127. The number of nitrogens with one attached hydrogen (secondary N) is 2. The highest BCUT2D eigenvalue weighted by molar-refractivity contribution is 5.85. The van der Waals surface area contributed by atoms with Crippen molar-refractivity contribution in [2.75, 3.05) is 13.1 Å². The molecule has 2 aliphatic rings. The first-order valence-electron chi connectivity index (χ1n) is 7.59. The van der Waals surface area contributed by atoms with Crippen molar-refractivity contribution in [2.45, 2.75) is 52.5 Å². The van der Waals surface area contributed by atoms with Crippen molar-refractivity contribution in [1.29, 1.82) is 0 Å². The molecule has 2 rings (SSSR count). The van der Waals surface area contributed by atoms with E-state index in [0.29, 0.717) is 12.0 Å². The van der Waals surface area contributed by atoms with Crippen LogP contribution in [-0.4, -0.2) is 25.0 Å². The molecule has 0 aromatic rings. The van der Waals surface area contributed by atoms with E-state index < -0.39 is 0 Å². The van der Waals surface area contributed by atoms with E-state index in [0.717, 1.165) is 24.9 Å². The van der Waals surface area contributed by atoms with Crippen molar-refractivity contribution in [1.82, 2.24) is 10.6 Å². The van der Waals surface area contributed by atoms with Crippen LogP contribution in [0.25, 0.3) is 0 Å². The Morgan fingerprint density at radius 2 is 1.63 bits per heavy atom. The number of halogens is 1. The fourth-order valence-corrected chi connectivity index (χ4v) is 3.14. The summed E-state index contributed by atoms with van der Waals surface area (Å²) in [5.74, 6) is 2.66. The number of hydrogen-bond acceptors (Lipinski definition) is 2. The molecule has 1 amide bonds. The van der Waals surface area contributed by atoms with Crippen LogP contribution >= 0.6 is 12.4 Å². The molecule has 1 unspecified atom stereocenters. The van der Waals surface area contributed by atoms with Gasteiger partial charge in [-0.2, -0.15) is 0 Å². The van der Waals surface area contributed by atoms with Gasteiger partial charge in [-0.25, -0.2) is 0 Å². The predicted octanol–water partition coefficient (Wildman–Crippen LogP) is 2.59. The highest BCUT2D eigenvalue weighted by Crippen LogP contribution is 2.30. The lowest BCUT2D eigenvalue weighted by atomic mass is 9.79. The van der Waals surface area contributed by atoms with Gasteiger partial charge in [0.1, 0.15) is 0 Å². The molecule has 4 heteroatoms. The summed E-state index contributed by atoms with van der Waals surface area (Å²) in [5.41, 5.74) is 0. The van der Waals surface area contributed by atoms with Crippen LogP contribution in [0.1, 0.15) is 46.5 Å². The van der Waals surface area contributed by atoms with Gasteiger partial charge in [0.15, 0.2) is 0 Å². The van der Waals surface area contributed by atoms with Crippen molar-refractivity contribution >= 4 is 18.3 Å². The third-order valence-electron chi connectivity index (χ3n) is 4.99. The molecule has 0 aromatic carbocycles. The molecule has 0 bridgehead atoms. The molecule has 2 fully saturated rings. The Bertz CT molecular complexity index is 284. The van der Waals surface area contributed by atoms with E-state index >= 15 is 0 Å². The molecular formula is C15H29ClN2O. The zero-order chi connectivity index (χ0) is 13.1. The maximum absolute atomic E-state index is 12.1. The van der Waals surface area contributed by atoms with Crippen LogP contribution in [0.5, 0.6) is 0 Å². The van der Waals surface area contributed by atoms with E-state index in [1.165, 1.54) is 25.7 Å². The molecule has 1 saturated heterocycles. The minimum absolute atomic E-state index is 0. The van der Waals surface area contributed by atoms with Gasteiger partial charge in [-0.1, -0.05) is 20.8 Å². The second-order valence-corrected chi connectivity index (χ2v) is 6.57. The largest absolute Gasteiger partial charge is 0.353 e. The summed E-state index contributed by atoms with van der Waals surface area (Å²) in [6.07, 6.45) is 4.90. The lowest BCUT2D eigenvalue weighted by Crippen LogP contribution is -2.51. The fraction of sp³-hybridized carbons (Fsp3) is 0.933. The Labute approximate surface area is 123 Å². The van der Waals surface area contributed by atoms with Gasteiger partial charge in [0, 0.05) is 12.0 Å². The topological polar surface area (TPSA) is 41.1 Å². The molecule has 112 valence electrons. The average Bonchev–Trinajstić information content (AvgIpc) is 2.27. The fourth-order valence-electron chi connectivity index (χ4n) is 3.14. The molecule has 0 radical (unpaired) electrons. The summed E-state index contributed by atoms with van der Waals surface area (Å²) >= 11 is 0. The van der Waals surface area contributed by atoms with Gasteiger partial charge in [0.25, 0.3) is 0 Å². The van der Waals surface area contributed by atoms with Gasteiger partial charge >= 0.3 is 0 Å². The smallest absolute Gasteiger partial charge is 0.223 e. The Balaban J connectivity index is 0.00000180. The Hall–Kier alpha value is -0.280. The van der Waals surface area contributed by atoms with Gasteiger partial charge in [-0.15, -0.1) is 12.4 Å². The first-order valence-corrected chi connectivity index (χ1v) is 7.59. The van der Waals surface area contributed by atoms with Crippen LogP contribution in [0.3, 0.4) is 0 Å². The standard InChI is InChI=1S/C15H28N2O.ClH/c1-10(2)12-4-6-14(7-5-12)17-15(18)11(3)13-8-16-9-13;/h10-14,16H,4-9H2,1-3H3,(H,17,18);1H. The molecule has 3 nitrogen and oxygen atoms in total. The van der Waals surface area contributed by atoms with Crippen LogP contribution in [0.15, 0.2) is 0 Å². The van der Waals surface area contributed by atoms with Crippen LogP contribution in [0.4, 0.5) is 0 Å². The summed E-state index contributed by atoms with van der Waals surface area (Å²) in [5, 5.41) is 6.50. The molecule has 0 aromatic heterocycles. The van der Waals surface area contributed by atoms with E-state index in [1.54, 1.807) is 0 Å². The number of amides is 1. The van der Waals surface area contributed by atoms with Crippen LogP contribution in [-0.2, 0) is 4.79 Å². The number of hydrogen-bond donors (Lipinski definition) is 2. The first kappa shape index (κ1) is 16.8. The normalized spacial score (nSPS) is 29.3. The summed E-state index contributed by atoms with van der Waals surface area (Å²) in [7, 11) is 0. The van der Waals surface area contributed by atoms with E-state index in [9.17, 15) is 4.79 Å². The van der Waals surface area contributed by atoms with Gasteiger partial charge in [-0.3, -0.25) is 4.79 Å². The van der Waals surface area contributed by atoms with E-state index in [-0.39, 0.29) is 24.2 Å². The third-order valence-corrected chi connectivity index (χ3v) is 4.99. The summed E-state index contributed by atoms with van der Waals surface area (Å²) < 4.78 is 0. The number of rotatable bonds is 4. The predicted molar refractivity (Wildman–Crippen MR) is 81.5 cm³/mol. The van der Waals surface area contributed by atoms with Crippen LogP contribution < -0.4 is 10.6 Å². The quantitative estimate of drug-likeness (QED) is 0.835. The molecule has 19 heavy (non-hydrogen) atoms. The van der Waals surface area contributed by atoms with Gasteiger partial charge < -0.3 is 10.6 Å². The van der Waals surface area contributed by atoms with Crippen molar-refractivity contribution < 1.29 is 4.79 Å².